The van der Waals surface area contributed by atoms with E-state index >= 15 is 0 Å². The Morgan fingerprint density at radius 3 is 2.80 bits per heavy atom. The zero-order valence-electron chi connectivity index (χ0n) is 11.7. The Morgan fingerprint density at radius 1 is 1.30 bits per heavy atom. The number of benzene rings is 1. The van der Waals surface area contributed by atoms with Crippen molar-refractivity contribution in [1.29, 1.82) is 0 Å². The number of rotatable bonds is 5. The van der Waals surface area contributed by atoms with E-state index in [-0.39, 0.29) is 6.04 Å². The standard InChI is InChI=1S/C15H22N2OS2/c1-10-15(20-8-7-19-10)14(17-16)11-3-2-4-13(9-11)18-12-5-6-12/h2-4,9-10,12,14-15,17H,5-8,16H2,1H3. The van der Waals surface area contributed by atoms with E-state index < -0.39 is 0 Å². The zero-order valence-corrected chi connectivity index (χ0v) is 13.4. The van der Waals surface area contributed by atoms with Crippen LogP contribution >= 0.6 is 23.5 Å². The summed E-state index contributed by atoms with van der Waals surface area (Å²) < 4.78 is 5.89. The number of hydrazine groups is 1. The molecule has 3 N–H and O–H groups in total. The Labute approximate surface area is 129 Å². The topological polar surface area (TPSA) is 47.3 Å². The molecular formula is C15H22N2OS2. The molecule has 1 aromatic carbocycles. The van der Waals surface area contributed by atoms with Crippen molar-refractivity contribution in [3.05, 3.63) is 29.8 Å². The van der Waals surface area contributed by atoms with Crippen molar-refractivity contribution < 1.29 is 4.74 Å². The number of nitrogens with two attached hydrogens (primary N) is 1. The minimum absolute atomic E-state index is 0.186. The first-order valence-corrected chi connectivity index (χ1v) is 9.33. The maximum absolute atomic E-state index is 5.89. The first-order valence-electron chi connectivity index (χ1n) is 7.24. The molecule has 3 rings (SSSR count). The van der Waals surface area contributed by atoms with Crippen molar-refractivity contribution in [1.82, 2.24) is 5.43 Å². The lowest BCUT2D eigenvalue weighted by Gasteiger charge is -2.34. The average Bonchev–Trinajstić information content (AvgIpc) is 3.26. The molecule has 1 aliphatic heterocycles. The van der Waals surface area contributed by atoms with Gasteiger partial charge in [0.2, 0.25) is 0 Å². The number of nitrogens with one attached hydrogen (secondary N) is 1. The molecule has 1 saturated heterocycles. The van der Waals surface area contributed by atoms with E-state index in [4.69, 9.17) is 10.6 Å². The summed E-state index contributed by atoms with van der Waals surface area (Å²) in [4.78, 5) is 0. The highest BCUT2D eigenvalue weighted by Gasteiger charge is 2.31. The smallest absolute Gasteiger partial charge is 0.120 e. The fraction of sp³-hybridized carbons (Fsp3) is 0.600. The number of thioether (sulfide) groups is 2. The summed E-state index contributed by atoms with van der Waals surface area (Å²) in [5.41, 5.74) is 4.26. The molecule has 3 atom stereocenters. The summed E-state index contributed by atoms with van der Waals surface area (Å²) in [5, 5.41) is 1.12. The molecule has 0 aromatic heterocycles. The molecule has 0 radical (unpaired) electrons. The van der Waals surface area contributed by atoms with Gasteiger partial charge in [0.15, 0.2) is 0 Å². The van der Waals surface area contributed by atoms with Crippen LogP contribution in [0.2, 0.25) is 0 Å². The van der Waals surface area contributed by atoms with E-state index in [0.717, 1.165) is 5.75 Å². The Hall–Kier alpha value is -0.360. The lowest BCUT2D eigenvalue weighted by atomic mass is 10.0. The molecule has 0 amide bonds. The Morgan fingerprint density at radius 2 is 2.10 bits per heavy atom. The van der Waals surface area contributed by atoms with Gasteiger partial charge in [-0.1, -0.05) is 19.1 Å². The molecule has 0 bridgehead atoms. The van der Waals surface area contributed by atoms with Crippen molar-refractivity contribution in [2.45, 2.75) is 42.4 Å². The van der Waals surface area contributed by atoms with Crippen LogP contribution in [-0.2, 0) is 0 Å². The van der Waals surface area contributed by atoms with E-state index in [9.17, 15) is 0 Å². The van der Waals surface area contributed by atoms with Crippen LogP contribution in [0.4, 0.5) is 0 Å². The van der Waals surface area contributed by atoms with Crippen molar-refractivity contribution in [3.63, 3.8) is 0 Å². The predicted molar refractivity (Wildman–Crippen MR) is 88.3 cm³/mol. The molecule has 20 heavy (non-hydrogen) atoms. The van der Waals surface area contributed by atoms with Gasteiger partial charge in [-0.3, -0.25) is 11.3 Å². The Kier molecular flexibility index (Phi) is 4.81. The summed E-state index contributed by atoms with van der Waals surface area (Å²) in [6, 6.07) is 8.60. The van der Waals surface area contributed by atoms with Gasteiger partial charge < -0.3 is 4.74 Å². The fourth-order valence-electron chi connectivity index (χ4n) is 2.56. The molecule has 3 nitrogen and oxygen atoms in total. The minimum atomic E-state index is 0.186. The summed E-state index contributed by atoms with van der Waals surface area (Å²) in [7, 11) is 0. The van der Waals surface area contributed by atoms with Crippen LogP contribution in [0.25, 0.3) is 0 Å². The molecule has 1 saturated carbocycles. The molecule has 110 valence electrons. The van der Waals surface area contributed by atoms with Gasteiger partial charge in [-0.2, -0.15) is 23.5 Å². The first-order chi connectivity index (χ1) is 9.78. The first kappa shape index (κ1) is 14.6. The van der Waals surface area contributed by atoms with Gasteiger partial charge in [0.05, 0.1) is 12.1 Å². The van der Waals surface area contributed by atoms with Crippen LogP contribution in [0, 0.1) is 0 Å². The third kappa shape index (κ3) is 3.45. The highest BCUT2D eigenvalue weighted by molar-refractivity contribution is 8.07. The van der Waals surface area contributed by atoms with Crippen molar-refractivity contribution in [2.75, 3.05) is 11.5 Å². The van der Waals surface area contributed by atoms with Crippen molar-refractivity contribution >= 4 is 23.5 Å². The lowest BCUT2D eigenvalue weighted by Crippen LogP contribution is -2.40. The van der Waals surface area contributed by atoms with Gasteiger partial charge in [-0.25, -0.2) is 0 Å². The molecule has 2 fully saturated rings. The second kappa shape index (κ2) is 6.60. The SMILES string of the molecule is CC1SCCSC1C(NN)c1cccc(OC2CC2)c1. The molecule has 3 unspecified atom stereocenters. The van der Waals surface area contributed by atoms with Crippen LogP contribution in [-0.4, -0.2) is 28.1 Å². The predicted octanol–water partition coefficient (Wildman–Crippen LogP) is 2.97. The number of hydrogen-bond acceptors (Lipinski definition) is 5. The van der Waals surface area contributed by atoms with E-state index in [2.05, 4.69) is 30.5 Å². The van der Waals surface area contributed by atoms with E-state index in [1.54, 1.807) is 0 Å². The van der Waals surface area contributed by atoms with Crippen LogP contribution in [0.3, 0.4) is 0 Å². The van der Waals surface area contributed by atoms with Crippen molar-refractivity contribution in [2.24, 2.45) is 5.84 Å². The lowest BCUT2D eigenvalue weighted by molar-refractivity contribution is 0.302. The summed E-state index contributed by atoms with van der Waals surface area (Å²) >= 11 is 4.07. The normalized spacial score (nSPS) is 28.1. The molecule has 1 aromatic rings. The van der Waals surface area contributed by atoms with Gasteiger partial charge in [0.25, 0.3) is 0 Å². The summed E-state index contributed by atoms with van der Waals surface area (Å²) in [5.74, 6) is 9.27. The monoisotopic (exact) mass is 310 g/mol. The molecule has 2 aliphatic rings. The van der Waals surface area contributed by atoms with Crippen LogP contribution in [0.5, 0.6) is 5.75 Å². The molecule has 1 heterocycles. The third-order valence-corrected chi connectivity index (χ3v) is 6.98. The second-order valence-electron chi connectivity index (χ2n) is 5.45. The maximum atomic E-state index is 5.89. The van der Waals surface area contributed by atoms with Gasteiger partial charge >= 0.3 is 0 Å². The van der Waals surface area contributed by atoms with Gasteiger partial charge in [0, 0.05) is 22.0 Å². The highest BCUT2D eigenvalue weighted by atomic mass is 32.2. The second-order valence-corrected chi connectivity index (χ2v) is 8.22. The fourth-order valence-corrected chi connectivity index (χ4v) is 5.49. The van der Waals surface area contributed by atoms with E-state index in [1.165, 1.54) is 29.9 Å². The van der Waals surface area contributed by atoms with E-state index in [1.807, 2.05) is 29.6 Å². The molecule has 5 heteroatoms. The Bertz CT molecular complexity index is 453. The molecule has 1 aliphatic carbocycles. The van der Waals surface area contributed by atoms with Gasteiger partial charge in [-0.15, -0.1) is 0 Å². The highest BCUT2D eigenvalue weighted by Crippen LogP contribution is 2.39. The quantitative estimate of drug-likeness (QED) is 0.647. The van der Waals surface area contributed by atoms with Gasteiger partial charge in [-0.05, 0) is 30.5 Å². The van der Waals surface area contributed by atoms with E-state index in [0.29, 0.717) is 16.6 Å². The number of hydrogen-bond donors (Lipinski definition) is 2. The minimum Gasteiger partial charge on any atom is -0.490 e. The van der Waals surface area contributed by atoms with Gasteiger partial charge in [0.1, 0.15) is 5.75 Å². The molecular weight excluding hydrogens is 288 g/mol. The summed E-state index contributed by atoms with van der Waals surface area (Å²) in [6.45, 7) is 2.30. The van der Waals surface area contributed by atoms with Crippen LogP contribution in [0.1, 0.15) is 31.4 Å². The molecule has 0 spiro atoms. The van der Waals surface area contributed by atoms with Crippen LogP contribution < -0.4 is 16.0 Å². The largest absolute Gasteiger partial charge is 0.490 e. The number of ether oxygens (including phenoxy) is 1. The third-order valence-electron chi connectivity index (χ3n) is 3.79. The maximum Gasteiger partial charge on any atom is 0.120 e. The zero-order chi connectivity index (χ0) is 13.9. The summed E-state index contributed by atoms with van der Waals surface area (Å²) in [6.07, 6.45) is 2.82. The van der Waals surface area contributed by atoms with Crippen molar-refractivity contribution in [3.8, 4) is 5.75 Å². The van der Waals surface area contributed by atoms with Crippen LogP contribution in [0.15, 0.2) is 24.3 Å². The Balaban J connectivity index is 1.76. The average molecular weight is 310 g/mol.